The van der Waals surface area contributed by atoms with Crippen molar-refractivity contribution in [1.82, 2.24) is 4.98 Å². The van der Waals surface area contributed by atoms with Crippen molar-refractivity contribution in [3.05, 3.63) is 24.0 Å². The SMILES string of the molecule is CC[C@@H](O)c1ccc(N(CC)CC(C)(C)O)cn1. The summed E-state index contributed by atoms with van der Waals surface area (Å²) in [6.07, 6.45) is 1.92. The Kier molecular flexibility index (Phi) is 5.11. The molecule has 0 radical (unpaired) electrons. The second-order valence-electron chi connectivity index (χ2n) is 5.19. The van der Waals surface area contributed by atoms with Crippen molar-refractivity contribution in [2.24, 2.45) is 0 Å². The van der Waals surface area contributed by atoms with E-state index in [0.29, 0.717) is 18.7 Å². The van der Waals surface area contributed by atoms with Gasteiger partial charge in [0.25, 0.3) is 0 Å². The van der Waals surface area contributed by atoms with Crippen LogP contribution in [0.15, 0.2) is 18.3 Å². The van der Waals surface area contributed by atoms with Crippen molar-refractivity contribution in [2.45, 2.75) is 45.8 Å². The van der Waals surface area contributed by atoms with Gasteiger partial charge >= 0.3 is 0 Å². The Balaban J connectivity index is 2.82. The molecule has 0 amide bonds. The zero-order chi connectivity index (χ0) is 13.8. The molecule has 0 saturated heterocycles. The molecule has 18 heavy (non-hydrogen) atoms. The highest BCUT2D eigenvalue weighted by Crippen LogP contribution is 2.19. The smallest absolute Gasteiger partial charge is 0.0957 e. The zero-order valence-corrected chi connectivity index (χ0v) is 11.7. The zero-order valence-electron chi connectivity index (χ0n) is 11.7. The van der Waals surface area contributed by atoms with Gasteiger partial charge in [-0.25, -0.2) is 0 Å². The lowest BCUT2D eigenvalue weighted by molar-refractivity contribution is 0.0875. The molecule has 0 unspecified atom stereocenters. The number of likely N-dealkylation sites (N-methyl/N-ethyl adjacent to an activating group) is 1. The lowest BCUT2D eigenvalue weighted by atomic mass is 10.1. The molecule has 1 aromatic rings. The molecule has 102 valence electrons. The van der Waals surface area contributed by atoms with Gasteiger partial charge in [-0.15, -0.1) is 0 Å². The lowest BCUT2D eigenvalue weighted by Crippen LogP contribution is -2.38. The van der Waals surface area contributed by atoms with Crippen LogP contribution in [0.3, 0.4) is 0 Å². The minimum atomic E-state index is -0.738. The number of rotatable bonds is 6. The first-order chi connectivity index (χ1) is 8.37. The summed E-state index contributed by atoms with van der Waals surface area (Å²) < 4.78 is 0. The summed E-state index contributed by atoms with van der Waals surface area (Å²) in [7, 11) is 0. The van der Waals surface area contributed by atoms with Crippen LogP contribution in [-0.2, 0) is 0 Å². The second-order valence-corrected chi connectivity index (χ2v) is 5.19. The van der Waals surface area contributed by atoms with E-state index in [1.54, 1.807) is 20.0 Å². The van der Waals surface area contributed by atoms with E-state index in [0.717, 1.165) is 12.2 Å². The van der Waals surface area contributed by atoms with Gasteiger partial charge in [0.2, 0.25) is 0 Å². The first kappa shape index (κ1) is 14.9. The first-order valence-electron chi connectivity index (χ1n) is 6.48. The number of anilines is 1. The van der Waals surface area contributed by atoms with Gasteiger partial charge in [-0.1, -0.05) is 6.92 Å². The largest absolute Gasteiger partial charge is 0.389 e. The summed E-state index contributed by atoms with van der Waals surface area (Å²) in [5.74, 6) is 0. The average molecular weight is 252 g/mol. The molecule has 1 atom stereocenters. The van der Waals surface area contributed by atoms with Gasteiger partial charge in [0.15, 0.2) is 0 Å². The fourth-order valence-electron chi connectivity index (χ4n) is 1.84. The maximum absolute atomic E-state index is 9.86. The molecule has 4 nitrogen and oxygen atoms in total. The first-order valence-corrected chi connectivity index (χ1v) is 6.48. The minimum absolute atomic E-state index is 0.497. The lowest BCUT2D eigenvalue weighted by Gasteiger charge is -2.29. The number of hydrogen-bond donors (Lipinski definition) is 2. The molecule has 0 aliphatic carbocycles. The Hall–Kier alpha value is -1.13. The molecule has 0 bridgehead atoms. The van der Waals surface area contributed by atoms with E-state index in [4.69, 9.17) is 0 Å². The van der Waals surface area contributed by atoms with Gasteiger partial charge in [-0.2, -0.15) is 0 Å². The van der Waals surface area contributed by atoms with Crippen LogP contribution in [0.4, 0.5) is 5.69 Å². The highest BCUT2D eigenvalue weighted by atomic mass is 16.3. The van der Waals surface area contributed by atoms with Crippen molar-refractivity contribution >= 4 is 5.69 Å². The van der Waals surface area contributed by atoms with Crippen LogP contribution in [0, 0.1) is 0 Å². The van der Waals surface area contributed by atoms with Gasteiger partial charge in [-0.05, 0) is 39.3 Å². The van der Waals surface area contributed by atoms with Crippen LogP contribution in [-0.4, -0.2) is 33.9 Å². The molecule has 1 aromatic heterocycles. The Morgan fingerprint density at radius 3 is 2.39 bits per heavy atom. The predicted octanol–water partition coefficient (Wildman–Crippen LogP) is 2.12. The van der Waals surface area contributed by atoms with Crippen molar-refractivity contribution in [3.63, 3.8) is 0 Å². The van der Waals surface area contributed by atoms with Gasteiger partial charge in [0.05, 0.1) is 29.3 Å². The van der Waals surface area contributed by atoms with E-state index in [-0.39, 0.29) is 0 Å². The fourth-order valence-corrected chi connectivity index (χ4v) is 1.84. The molecule has 0 aliphatic rings. The summed E-state index contributed by atoms with van der Waals surface area (Å²) >= 11 is 0. The number of aliphatic hydroxyl groups excluding tert-OH is 1. The summed E-state index contributed by atoms with van der Waals surface area (Å²) in [5.41, 5.74) is 0.921. The van der Waals surface area contributed by atoms with Crippen LogP contribution in [0.1, 0.15) is 45.9 Å². The van der Waals surface area contributed by atoms with Gasteiger partial charge < -0.3 is 15.1 Å². The van der Waals surface area contributed by atoms with Crippen LogP contribution >= 0.6 is 0 Å². The van der Waals surface area contributed by atoms with Crippen molar-refractivity contribution < 1.29 is 10.2 Å². The van der Waals surface area contributed by atoms with Crippen molar-refractivity contribution in [2.75, 3.05) is 18.0 Å². The number of pyridine rings is 1. The fraction of sp³-hybridized carbons (Fsp3) is 0.643. The van der Waals surface area contributed by atoms with Gasteiger partial charge in [0, 0.05) is 13.1 Å². The second kappa shape index (κ2) is 6.16. The molecule has 1 rings (SSSR count). The van der Waals surface area contributed by atoms with E-state index < -0.39 is 11.7 Å². The summed E-state index contributed by atoms with van der Waals surface area (Å²) in [6.45, 7) is 8.91. The molecule has 0 aliphatic heterocycles. The number of hydrogen-bond acceptors (Lipinski definition) is 4. The molecule has 4 heteroatoms. The van der Waals surface area contributed by atoms with E-state index in [2.05, 4.69) is 9.88 Å². The van der Waals surface area contributed by atoms with E-state index in [1.165, 1.54) is 0 Å². The average Bonchev–Trinajstić information content (AvgIpc) is 2.34. The molecule has 0 aromatic carbocycles. The Morgan fingerprint density at radius 2 is 2.00 bits per heavy atom. The number of nitrogens with zero attached hydrogens (tertiary/aromatic N) is 2. The monoisotopic (exact) mass is 252 g/mol. The normalized spacial score (nSPS) is 13.4. The predicted molar refractivity (Wildman–Crippen MR) is 73.7 cm³/mol. The van der Waals surface area contributed by atoms with Crippen molar-refractivity contribution in [3.8, 4) is 0 Å². The highest BCUT2D eigenvalue weighted by Gasteiger charge is 2.18. The summed E-state index contributed by atoms with van der Waals surface area (Å²) in [5, 5.41) is 19.5. The van der Waals surface area contributed by atoms with Crippen LogP contribution in [0.5, 0.6) is 0 Å². The maximum Gasteiger partial charge on any atom is 0.0957 e. The summed E-state index contributed by atoms with van der Waals surface area (Å²) in [4.78, 5) is 6.34. The van der Waals surface area contributed by atoms with E-state index in [9.17, 15) is 10.2 Å². The Bertz CT molecular complexity index is 357. The molecule has 2 N–H and O–H groups in total. The van der Waals surface area contributed by atoms with Crippen LogP contribution in [0.25, 0.3) is 0 Å². The summed E-state index contributed by atoms with van der Waals surface area (Å²) in [6, 6.07) is 3.78. The van der Waals surface area contributed by atoms with Crippen molar-refractivity contribution in [1.29, 1.82) is 0 Å². The highest BCUT2D eigenvalue weighted by molar-refractivity contribution is 5.45. The quantitative estimate of drug-likeness (QED) is 0.814. The molecule has 0 spiro atoms. The molecular formula is C14H24N2O2. The molecule has 0 saturated carbocycles. The Labute approximate surface area is 109 Å². The van der Waals surface area contributed by atoms with Crippen LogP contribution < -0.4 is 4.90 Å². The van der Waals surface area contributed by atoms with E-state index >= 15 is 0 Å². The number of aromatic nitrogens is 1. The maximum atomic E-state index is 9.86. The minimum Gasteiger partial charge on any atom is -0.389 e. The topological polar surface area (TPSA) is 56.6 Å². The van der Waals surface area contributed by atoms with E-state index in [1.807, 2.05) is 26.0 Å². The third kappa shape index (κ3) is 4.27. The van der Waals surface area contributed by atoms with Gasteiger partial charge in [-0.3, -0.25) is 4.98 Å². The third-order valence-corrected chi connectivity index (χ3v) is 2.82. The molecule has 1 heterocycles. The van der Waals surface area contributed by atoms with Gasteiger partial charge in [0.1, 0.15) is 0 Å². The van der Waals surface area contributed by atoms with Crippen LogP contribution in [0.2, 0.25) is 0 Å². The third-order valence-electron chi connectivity index (χ3n) is 2.82. The molecular weight excluding hydrogens is 228 g/mol. The standard InChI is InChI=1S/C14H24N2O2/c1-5-13(17)12-8-7-11(9-15-12)16(6-2)10-14(3,4)18/h7-9,13,17-18H,5-6,10H2,1-4H3/t13-/m1/s1. The number of aliphatic hydroxyl groups is 2. The Morgan fingerprint density at radius 1 is 1.33 bits per heavy atom. The molecule has 0 fully saturated rings.